The van der Waals surface area contributed by atoms with Gasteiger partial charge in [0.05, 0.1) is 0 Å². The molecule has 2 atom stereocenters. The van der Waals surface area contributed by atoms with Gasteiger partial charge in [-0.25, -0.2) is 0 Å². The first kappa shape index (κ1) is 15.3. The maximum Gasteiger partial charge on any atom is 0.0249 e. The lowest BCUT2D eigenvalue weighted by molar-refractivity contribution is 0.0772. The highest BCUT2D eigenvalue weighted by Gasteiger charge is 2.31. The molecular formula is C16H33N3. The highest BCUT2D eigenvalue weighted by atomic mass is 15.2. The molecule has 2 aliphatic rings. The lowest BCUT2D eigenvalue weighted by Crippen LogP contribution is -2.54. The molecule has 1 heterocycles. The Hall–Kier alpha value is -0.120. The van der Waals surface area contributed by atoms with Crippen molar-refractivity contribution in [2.75, 3.05) is 40.3 Å². The molecule has 0 bridgehead atoms. The maximum atomic E-state index is 3.73. The Bertz CT molecular complexity index is 244. The van der Waals surface area contributed by atoms with Gasteiger partial charge in [-0.1, -0.05) is 19.8 Å². The third kappa shape index (κ3) is 4.44. The molecule has 0 spiro atoms. The van der Waals surface area contributed by atoms with Crippen LogP contribution in [0.1, 0.15) is 45.4 Å². The minimum Gasteiger partial charge on any atom is -0.313 e. The van der Waals surface area contributed by atoms with Crippen molar-refractivity contribution in [1.82, 2.24) is 15.1 Å². The summed E-state index contributed by atoms with van der Waals surface area (Å²) in [6.45, 7) is 7.29. The molecule has 2 unspecified atom stereocenters. The fraction of sp³-hybridized carbons (Fsp3) is 1.00. The summed E-state index contributed by atoms with van der Waals surface area (Å²) in [7, 11) is 4.41. The maximum absolute atomic E-state index is 3.73. The van der Waals surface area contributed by atoms with Crippen molar-refractivity contribution in [3.8, 4) is 0 Å². The SMILES string of the molecule is CCNC1CCCCC1N1CCC(CN(C)C)CC1. The number of likely N-dealkylation sites (N-methyl/N-ethyl adjacent to an activating group) is 1. The van der Waals surface area contributed by atoms with Crippen molar-refractivity contribution in [3.63, 3.8) is 0 Å². The van der Waals surface area contributed by atoms with Crippen LogP contribution in [0.3, 0.4) is 0 Å². The van der Waals surface area contributed by atoms with E-state index in [0.29, 0.717) is 0 Å². The molecule has 1 N–H and O–H groups in total. The third-order valence-electron chi connectivity index (χ3n) is 4.94. The fourth-order valence-electron chi connectivity index (χ4n) is 4.03. The van der Waals surface area contributed by atoms with Crippen LogP contribution >= 0.6 is 0 Å². The van der Waals surface area contributed by atoms with Gasteiger partial charge < -0.3 is 10.2 Å². The number of nitrogens with one attached hydrogen (secondary N) is 1. The lowest BCUT2D eigenvalue weighted by Gasteiger charge is -2.44. The molecule has 2 rings (SSSR count). The zero-order chi connectivity index (χ0) is 13.7. The number of rotatable bonds is 5. The summed E-state index contributed by atoms with van der Waals surface area (Å²) >= 11 is 0. The largest absolute Gasteiger partial charge is 0.313 e. The van der Waals surface area contributed by atoms with Crippen molar-refractivity contribution >= 4 is 0 Å². The van der Waals surface area contributed by atoms with Gasteiger partial charge in [-0.15, -0.1) is 0 Å². The Kier molecular flexibility index (Phi) is 6.11. The van der Waals surface area contributed by atoms with E-state index in [1.165, 1.54) is 58.2 Å². The number of nitrogens with zero attached hydrogens (tertiary/aromatic N) is 2. The van der Waals surface area contributed by atoms with Crippen LogP contribution in [-0.2, 0) is 0 Å². The van der Waals surface area contributed by atoms with E-state index in [4.69, 9.17) is 0 Å². The van der Waals surface area contributed by atoms with E-state index in [1.807, 2.05) is 0 Å². The summed E-state index contributed by atoms with van der Waals surface area (Å²) < 4.78 is 0. The zero-order valence-corrected chi connectivity index (χ0v) is 13.2. The molecule has 0 radical (unpaired) electrons. The highest BCUT2D eigenvalue weighted by Crippen LogP contribution is 2.27. The molecule has 19 heavy (non-hydrogen) atoms. The van der Waals surface area contributed by atoms with Crippen LogP contribution in [0.15, 0.2) is 0 Å². The minimum absolute atomic E-state index is 0.754. The van der Waals surface area contributed by atoms with Crippen LogP contribution in [0, 0.1) is 5.92 Å². The Balaban J connectivity index is 1.81. The van der Waals surface area contributed by atoms with E-state index in [2.05, 4.69) is 36.1 Å². The van der Waals surface area contributed by atoms with Crippen molar-refractivity contribution in [2.45, 2.75) is 57.5 Å². The average molecular weight is 267 g/mol. The van der Waals surface area contributed by atoms with Gasteiger partial charge in [0, 0.05) is 18.6 Å². The standard InChI is InChI=1S/C16H33N3/c1-4-17-15-7-5-6-8-16(15)19-11-9-14(10-12-19)13-18(2)3/h14-17H,4-13H2,1-3H3. The predicted molar refractivity (Wildman–Crippen MR) is 82.6 cm³/mol. The van der Waals surface area contributed by atoms with Gasteiger partial charge in [0.25, 0.3) is 0 Å². The fourth-order valence-corrected chi connectivity index (χ4v) is 4.03. The number of hydrogen-bond donors (Lipinski definition) is 1. The first-order valence-electron chi connectivity index (χ1n) is 8.33. The van der Waals surface area contributed by atoms with Crippen molar-refractivity contribution < 1.29 is 0 Å². The van der Waals surface area contributed by atoms with Gasteiger partial charge in [-0.05, 0) is 65.3 Å². The van der Waals surface area contributed by atoms with Crippen LogP contribution in [0.2, 0.25) is 0 Å². The molecule has 1 saturated carbocycles. The quantitative estimate of drug-likeness (QED) is 0.824. The molecule has 2 fully saturated rings. The molecule has 1 aliphatic heterocycles. The average Bonchev–Trinajstić information content (AvgIpc) is 2.40. The molecule has 0 aromatic carbocycles. The molecule has 0 aromatic rings. The second kappa shape index (κ2) is 7.61. The monoisotopic (exact) mass is 267 g/mol. The Morgan fingerprint density at radius 1 is 1.05 bits per heavy atom. The predicted octanol–water partition coefficient (Wildman–Crippen LogP) is 2.18. The molecule has 112 valence electrons. The van der Waals surface area contributed by atoms with E-state index >= 15 is 0 Å². The van der Waals surface area contributed by atoms with Crippen molar-refractivity contribution in [1.29, 1.82) is 0 Å². The number of piperidine rings is 1. The van der Waals surface area contributed by atoms with Gasteiger partial charge in [0.15, 0.2) is 0 Å². The molecular weight excluding hydrogens is 234 g/mol. The van der Waals surface area contributed by atoms with Crippen LogP contribution < -0.4 is 5.32 Å². The van der Waals surface area contributed by atoms with E-state index in [-0.39, 0.29) is 0 Å². The molecule has 1 aliphatic carbocycles. The normalized spacial score (nSPS) is 30.9. The van der Waals surface area contributed by atoms with E-state index in [9.17, 15) is 0 Å². The van der Waals surface area contributed by atoms with Crippen LogP contribution in [0.25, 0.3) is 0 Å². The summed E-state index contributed by atoms with van der Waals surface area (Å²) in [5.74, 6) is 0.924. The summed E-state index contributed by atoms with van der Waals surface area (Å²) in [4.78, 5) is 5.14. The second-order valence-electron chi connectivity index (χ2n) is 6.76. The Morgan fingerprint density at radius 2 is 1.74 bits per heavy atom. The van der Waals surface area contributed by atoms with Gasteiger partial charge in [0.1, 0.15) is 0 Å². The van der Waals surface area contributed by atoms with Crippen LogP contribution in [0.5, 0.6) is 0 Å². The lowest BCUT2D eigenvalue weighted by atomic mass is 9.86. The minimum atomic E-state index is 0.754. The molecule has 0 amide bonds. The first-order valence-corrected chi connectivity index (χ1v) is 8.33. The van der Waals surface area contributed by atoms with E-state index in [0.717, 1.165) is 24.5 Å². The summed E-state index contributed by atoms with van der Waals surface area (Å²) in [5.41, 5.74) is 0. The molecule has 3 nitrogen and oxygen atoms in total. The molecule has 0 aromatic heterocycles. The molecule has 1 saturated heterocycles. The first-order chi connectivity index (χ1) is 9.20. The molecule has 3 heteroatoms. The summed E-state index contributed by atoms with van der Waals surface area (Å²) in [6.07, 6.45) is 8.45. The third-order valence-corrected chi connectivity index (χ3v) is 4.94. The number of likely N-dealkylation sites (tertiary alicyclic amines) is 1. The topological polar surface area (TPSA) is 18.5 Å². The van der Waals surface area contributed by atoms with Crippen molar-refractivity contribution in [3.05, 3.63) is 0 Å². The van der Waals surface area contributed by atoms with Crippen LogP contribution in [0.4, 0.5) is 0 Å². The Labute approximate surface area is 119 Å². The van der Waals surface area contributed by atoms with Gasteiger partial charge in [-0.3, -0.25) is 4.90 Å². The van der Waals surface area contributed by atoms with Gasteiger partial charge in [-0.2, -0.15) is 0 Å². The second-order valence-corrected chi connectivity index (χ2v) is 6.76. The van der Waals surface area contributed by atoms with Gasteiger partial charge in [0.2, 0.25) is 0 Å². The zero-order valence-electron chi connectivity index (χ0n) is 13.2. The smallest absolute Gasteiger partial charge is 0.0249 e. The van der Waals surface area contributed by atoms with Crippen molar-refractivity contribution in [2.24, 2.45) is 5.92 Å². The summed E-state index contributed by atoms with van der Waals surface area (Å²) in [6, 6.07) is 1.57. The van der Waals surface area contributed by atoms with Crippen LogP contribution in [-0.4, -0.2) is 62.2 Å². The highest BCUT2D eigenvalue weighted by molar-refractivity contribution is 4.90. The van der Waals surface area contributed by atoms with E-state index in [1.54, 1.807) is 0 Å². The Morgan fingerprint density at radius 3 is 2.37 bits per heavy atom. The number of hydrogen-bond acceptors (Lipinski definition) is 3. The van der Waals surface area contributed by atoms with Gasteiger partial charge >= 0.3 is 0 Å². The van der Waals surface area contributed by atoms with E-state index < -0.39 is 0 Å². The summed E-state index contributed by atoms with van der Waals surface area (Å²) in [5, 5.41) is 3.73.